The molecule has 4 heteroatoms. The molecule has 0 aliphatic heterocycles. The van der Waals surface area contributed by atoms with Crippen LogP contribution in [0.1, 0.15) is 12.8 Å². The van der Waals surface area contributed by atoms with Crippen LogP contribution in [0.15, 0.2) is 0 Å². The molecule has 0 aromatic carbocycles. The summed E-state index contributed by atoms with van der Waals surface area (Å²) in [4.78, 5) is 10.1. The summed E-state index contributed by atoms with van der Waals surface area (Å²) in [5.74, 6) is -0.733. The number of aliphatic hydroxyl groups excluding tert-OH is 2. The van der Waals surface area contributed by atoms with Gasteiger partial charge in [0.05, 0.1) is 0 Å². The average Bonchev–Trinajstić information content (AvgIpc) is 1.82. The normalized spacial score (nSPS) is 13.1. The number of carbonyl (C=O) groups is 1. The molecule has 0 rings (SSSR count). The molecule has 0 aromatic heterocycles. The Morgan fingerprint density at radius 3 is 2.56 bits per heavy atom. The van der Waals surface area contributed by atoms with Crippen LogP contribution in [-0.4, -0.2) is 28.8 Å². The van der Waals surface area contributed by atoms with Crippen LogP contribution in [0.2, 0.25) is 0 Å². The van der Waals surface area contributed by atoms with Gasteiger partial charge < -0.3 is 15.9 Å². The number of hydrogen-bond donors (Lipinski definition) is 3. The molecule has 4 nitrogen and oxygen atoms in total. The van der Waals surface area contributed by atoms with Gasteiger partial charge in [0, 0.05) is 6.61 Å². The Hall–Kier alpha value is -0.610. The molecule has 0 radical (unpaired) electrons. The second-order valence-corrected chi connectivity index (χ2v) is 1.78. The molecule has 4 N–H and O–H groups in total. The highest BCUT2D eigenvalue weighted by molar-refractivity contribution is 5.78. The summed E-state index contributed by atoms with van der Waals surface area (Å²) >= 11 is 0. The highest BCUT2D eigenvalue weighted by Crippen LogP contribution is 1.93. The van der Waals surface area contributed by atoms with Gasteiger partial charge in [-0.2, -0.15) is 0 Å². The lowest BCUT2D eigenvalue weighted by Gasteiger charge is -2.02. The van der Waals surface area contributed by atoms with E-state index >= 15 is 0 Å². The third-order valence-corrected chi connectivity index (χ3v) is 0.964. The Labute approximate surface area is 53.3 Å². The summed E-state index contributed by atoms with van der Waals surface area (Å²) in [6.07, 6.45) is -0.451. The Morgan fingerprint density at radius 2 is 2.22 bits per heavy atom. The monoisotopic (exact) mass is 133 g/mol. The van der Waals surface area contributed by atoms with Crippen molar-refractivity contribution < 1.29 is 15.0 Å². The van der Waals surface area contributed by atoms with Crippen LogP contribution in [0.4, 0.5) is 0 Å². The molecule has 0 aliphatic rings. The summed E-state index contributed by atoms with van der Waals surface area (Å²) in [6, 6.07) is 0. The third kappa shape index (κ3) is 3.93. The lowest BCUT2D eigenvalue weighted by atomic mass is 10.2. The molecule has 0 spiro atoms. The van der Waals surface area contributed by atoms with Gasteiger partial charge in [0.15, 0.2) is 0 Å². The minimum Gasteiger partial charge on any atom is -0.396 e. The largest absolute Gasteiger partial charge is 0.396 e. The van der Waals surface area contributed by atoms with Gasteiger partial charge in [-0.25, -0.2) is 0 Å². The van der Waals surface area contributed by atoms with Crippen LogP contribution in [0.5, 0.6) is 0 Å². The van der Waals surface area contributed by atoms with Crippen molar-refractivity contribution in [2.45, 2.75) is 18.9 Å². The van der Waals surface area contributed by atoms with Gasteiger partial charge in [0.1, 0.15) is 6.10 Å². The number of nitrogens with two attached hydrogens (primary N) is 1. The van der Waals surface area contributed by atoms with Crippen LogP contribution in [0, 0.1) is 0 Å². The Bertz CT molecular complexity index is 94.2. The van der Waals surface area contributed by atoms with E-state index in [1.807, 2.05) is 0 Å². The molecule has 9 heavy (non-hydrogen) atoms. The molecule has 0 heterocycles. The fourth-order valence-corrected chi connectivity index (χ4v) is 0.427. The predicted octanol–water partition coefficient (Wildman–Crippen LogP) is -1.39. The van der Waals surface area contributed by atoms with Crippen molar-refractivity contribution in [1.82, 2.24) is 0 Å². The van der Waals surface area contributed by atoms with E-state index in [0.717, 1.165) is 0 Å². The van der Waals surface area contributed by atoms with E-state index in [0.29, 0.717) is 6.42 Å². The number of aliphatic hydroxyl groups is 2. The average molecular weight is 133 g/mol. The van der Waals surface area contributed by atoms with Gasteiger partial charge in [-0.1, -0.05) is 0 Å². The van der Waals surface area contributed by atoms with Crippen molar-refractivity contribution in [1.29, 1.82) is 0 Å². The van der Waals surface area contributed by atoms with E-state index in [9.17, 15) is 4.79 Å². The van der Waals surface area contributed by atoms with Gasteiger partial charge in [0.2, 0.25) is 5.91 Å². The maximum absolute atomic E-state index is 10.1. The van der Waals surface area contributed by atoms with E-state index in [2.05, 4.69) is 0 Å². The van der Waals surface area contributed by atoms with Crippen LogP contribution in [-0.2, 0) is 4.79 Å². The Kier molecular flexibility index (Phi) is 4.00. The maximum Gasteiger partial charge on any atom is 0.246 e. The first-order valence-corrected chi connectivity index (χ1v) is 2.76. The molecular weight excluding hydrogens is 122 g/mol. The van der Waals surface area contributed by atoms with E-state index in [4.69, 9.17) is 15.9 Å². The molecule has 1 atom stereocenters. The molecule has 0 saturated heterocycles. The van der Waals surface area contributed by atoms with Crippen LogP contribution in [0.3, 0.4) is 0 Å². The minimum absolute atomic E-state index is 0.0235. The summed E-state index contributed by atoms with van der Waals surface area (Å²) < 4.78 is 0. The quantitative estimate of drug-likeness (QED) is 0.441. The smallest absolute Gasteiger partial charge is 0.246 e. The van der Waals surface area contributed by atoms with Crippen molar-refractivity contribution in [3.8, 4) is 0 Å². The second kappa shape index (κ2) is 4.29. The van der Waals surface area contributed by atoms with E-state index < -0.39 is 12.0 Å². The van der Waals surface area contributed by atoms with Crippen molar-refractivity contribution in [3.63, 3.8) is 0 Å². The standard InChI is InChI=1S/C5H11NO3/c6-5(9)4(8)2-1-3-7/h4,7-8H,1-3H2,(H2,6,9). The Balaban J connectivity index is 3.27. The summed E-state index contributed by atoms with van der Waals surface area (Å²) in [7, 11) is 0. The minimum atomic E-state index is -1.10. The van der Waals surface area contributed by atoms with E-state index in [-0.39, 0.29) is 13.0 Å². The first-order chi connectivity index (χ1) is 4.18. The zero-order valence-corrected chi connectivity index (χ0v) is 5.08. The van der Waals surface area contributed by atoms with Crippen molar-refractivity contribution in [3.05, 3.63) is 0 Å². The van der Waals surface area contributed by atoms with Crippen molar-refractivity contribution >= 4 is 5.91 Å². The highest BCUT2D eigenvalue weighted by atomic mass is 16.3. The number of primary amides is 1. The molecule has 0 fully saturated rings. The number of rotatable bonds is 4. The van der Waals surface area contributed by atoms with Gasteiger partial charge in [-0.05, 0) is 12.8 Å². The van der Waals surface area contributed by atoms with Crippen molar-refractivity contribution in [2.75, 3.05) is 6.61 Å². The number of amides is 1. The first kappa shape index (κ1) is 8.39. The summed E-state index contributed by atoms with van der Waals surface area (Å²) in [6.45, 7) is -0.0235. The summed E-state index contributed by atoms with van der Waals surface area (Å²) in [5.41, 5.74) is 4.71. The lowest BCUT2D eigenvalue weighted by molar-refractivity contribution is -0.126. The van der Waals surface area contributed by atoms with Gasteiger partial charge in [0.25, 0.3) is 0 Å². The molecule has 0 aliphatic carbocycles. The van der Waals surface area contributed by atoms with E-state index in [1.54, 1.807) is 0 Å². The lowest BCUT2D eigenvalue weighted by Crippen LogP contribution is -2.28. The predicted molar refractivity (Wildman–Crippen MR) is 31.5 cm³/mol. The summed E-state index contributed by atoms with van der Waals surface area (Å²) in [5, 5.41) is 16.9. The molecule has 1 unspecified atom stereocenters. The molecule has 0 aromatic rings. The highest BCUT2D eigenvalue weighted by Gasteiger charge is 2.08. The topological polar surface area (TPSA) is 83.6 Å². The van der Waals surface area contributed by atoms with Gasteiger partial charge >= 0.3 is 0 Å². The molecule has 54 valence electrons. The molecule has 1 amide bonds. The molecule has 0 saturated carbocycles. The fraction of sp³-hybridized carbons (Fsp3) is 0.800. The maximum atomic E-state index is 10.1. The van der Waals surface area contributed by atoms with Gasteiger partial charge in [-0.15, -0.1) is 0 Å². The first-order valence-electron chi connectivity index (χ1n) is 2.76. The second-order valence-electron chi connectivity index (χ2n) is 1.78. The third-order valence-electron chi connectivity index (χ3n) is 0.964. The van der Waals surface area contributed by atoms with Crippen molar-refractivity contribution in [2.24, 2.45) is 5.73 Å². The van der Waals surface area contributed by atoms with E-state index in [1.165, 1.54) is 0 Å². The number of carbonyl (C=O) groups excluding carboxylic acids is 1. The van der Waals surface area contributed by atoms with Crippen LogP contribution >= 0.6 is 0 Å². The molecular formula is C5H11NO3. The zero-order chi connectivity index (χ0) is 7.28. The Morgan fingerprint density at radius 1 is 1.67 bits per heavy atom. The van der Waals surface area contributed by atoms with Crippen LogP contribution in [0.25, 0.3) is 0 Å². The molecule has 0 bridgehead atoms. The van der Waals surface area contributed by atoms with Crippen LogP contribution < -0.4 is 5.73 Å². The SMILES string of the molecule is NC(=O)C(O)CCCO. The number of hydrogen-bond acceptors (Lipinski definition) is 3. The zero-order valence-electron chi connectivity index (χ0n) is 5.08. The fourth-order valence-electron chi connectivity index (χ4n) is 0.427. The van der Waals surface area contributed by atoms with Gasteiger partial charge in [-0.3, -0.25) is 4.79 Å².